The molecule has 1 fully saturated rings. The van der Waals surface area contributed by atoms with Crippen LogP contribution in [0.3, 0.4) is 0 Å². The molecule has 0 radical (unpaired) electrons. The number of rotatable bonds is 6. The first kappa shape index (κ1) is 14.6. The molecule has 0 spiro atoms. The van der Waals surface area contributed by atoms with Gasteiger partial charge in [-0.15, -0.1) is 0 Å². The quantitative estimate of drug-likeness (QED) is 0.872. The van der Waals surface area contributed by atoms with Crippen LogP contribution < -0.4 is 10.5 Å². The molecule has 2 rings (SSSR count). The predicted octanol–water partition coefficient (Wildman–Crippen LogP) is 2.78. The van der Waals surface area contributed by atoms with E-state index in [4.69, 9.17) is 22.1 Å². The SMILES string of the molecule is NCCC1CCN(CCOc2cccc(Cl)c2)CC1. The molecule has 0 amide bonds. The van der Waals surface area contributed by atoms with Crippen molar-refractivity contribution in [1.82, 2.24) is 4.90 Å². The van der Waals surface area contributed by atoms with E-state index in [1.54, 1.807) is 0 Å². The fourth-order valence-electron chi connectivity index (χ4n) is 2.58. The Morgan fingerprint density at radius 1 is 1.32 bits per heavy atom. The lowest BCUT2D eigenvalue weighted by Crippen LogP contribution is -2.36. The van der Waals surface area contributed by atoms with Crippen molar-refractivity contribution in [2.24, 2.45) is 11.7 Å². The van der Waals surface area contributed by atoms with E-state index in [2.05, 4.69) is 4.90 Å². The van der Waals surface area contributed by atoms with Crippen LogP contribution in [0.2, 0.25) is 5.02 Å². The first-order valence-corrected chi connectivity index (χ1v) is 7.46. The van der Waals surface area contributed by atoms with Crippen molar-refractivity contribution in [3.8, 4) is 5.75 Å². The number of ether oxygens (including phenoxy) is 1. The van der Waals surface area contributed by atoms with Crippen molar-refractivity contribution in [3.05, 3.63) is 29.3 Å². The number of benzene rings is 1. The number of likely N-dealkylation sites (tertiary alicyclic amines) is 1. The van der Waals surface area contributed by atoms with Gasteiger partial charge in [-0.3, -0.25) is 4.90 Å². The van der Waals surface area contributed by atoms with Crippen LogP contribution in [0.25, 0.3) is 0 Å². The molecule has 0 bridgehead atoms. The number of hydrogen-bond donors (Lipinski definition) is 1. The summed E-state index contributed by atoms with van der Waals surface area (Å²) in [5.41, 5.74) is 5.61. The largest absolute Gasteiger partial charge is 0.492 e. The van der Waals surface area contributed by atoms with Gasteiger partial charge in [-0.2, -0.15) is 0 Å². The first-order valence-electron chi connectivity index (χ1n) is 7.08. The van der Waals surface area contributed by atoms with Crippen LogP contribution in [0, 0.1) is 5.92 Å². The lowest BCUT2D eigenvalue weighted by molar-refractivity contribution is 0.152. The highest BCUT2D eigenvalue weighted by atomic mass is 35.5. The fourth-order valence-corrected chi connectivity index (χ4v) is 2.76. The molecule has 1 aliphatic heterocycles. The van der Waals surface area contributed by atoms with Crippen molar-refractivity contribution in [2.75, 3.05) is 32.8 Å². The van der Waals surface area contributed by atoms with Gasteiger partial charge in [0.2, 0.25) is 0 Å². The maximum absolute atomic E-state index is 5.92. The van der Waals surface area contributed by atoms with Crippen LogP contribution in [0.5, 0.6) is 5.75 Å². The van der Waals surface area contributed by atoms with E-state index in [0.717, 1.165) is 36.4 Å². The van der Waals surface area contributed by atoms with E-state index in [1.165, 1.54) is 32.4 Å². The van der Waals surface area contributed by atoms with Crippen LogP contribution in [-0.4, -0.2) is 37.7 Å². The normalized spacial score (nSPS) is 17.6. The van der Waals surface area contributed by atoms with Gasteiger partial charge in [-0.05, 0) is 63.0 Å². The zero-order valence-electron chi connectivity index (χ0n) is 11.4. The van der Waals surface area contributed by atoms with Gasteiger partial charge >= 0.3 is 0 Å². The minimum Gasteiger partial charge on any atom is -0.492 e. The molecule has 4 heteroatoms. The zero-order valence-corrected chi connectivity index (χ0v) is 12.1. The van der Waals surface area contributed by atoms with Gasteiger partial charge in [-0.1, -0.05) is 17.7 Å². The van der Waals surface area contributed by atoms with Crippen LogP contribution in [0.15, 0.2) is 24.3 Å². The van der Waals surface area contributed by atoms with Gasteiger partial charge in [0.05, 0.1) is 0 Å². The number of nitrogens with zero attached hydrogens (tertiary/aromatic N) is 1. The Hall–Kier alpha value is -0.770. The monoisotopic (exact) mass is 282 g/mol. The summed E-state index contributed by atoms with van der Waals surface area (Å²) >= 11 is 5.92. The molecule has 1 heterocycles. The zero-order chi connectivity index (χ0) is 13.5. The van der Waals surface area contributed by atoms with E-state index in [-0.39, 0.29) is 0 Å². The number of piperidine rings is 1. The molecule has 0 aliphatic carbocycles. The average Bonchev–Trinajstić information content (AvgIpc) is 2.41. The van der Waals surface area contributed by atoms with E-state index in [0.29, 0.717) is 0 Å². The topological polar surface area (TPSA) is 38.5 Å². The summed E-state index contributed by atoms with van der Waals surface area (Å²) in [6, 6.07) is 7.57. The lowest BCUT2D eigenvalue weighted by Gasteiger charge is -2.31. The molecule has 0 atom stereocenters. The number of halogens is 1. The fraction of sp³-hybridized carbons (Fsp3) is 0.600. The second kappa shape index (κ2) is 7.73. The second-order valence-corrected chi connectivity index (χ2v) is 5.60. The molecule has 0 unspecified atom stereocenters. The molecule has 1 aromatic carbocycles. The molecule has 0 aromatic heterocycles. The van der Waals surface area contributed by atoms with E-state index in [1.807, 2.05) is 24.3 Å². The standard InChI is InChI=1S/C15H23ClN2O/c16-14-2-1-3-15(12-14)19-11-10-18-8-5-13(4-7-17)6-9-18/h1-3,12-13H,4-11,17H2. The summed E-state index contributed by atoms with van der Waals surface area (Å²) < 4.78 is 5.72. The highest BCUT2D eigenvalue weighted by molar-refractivity contribution is 6.30. The number of nitrogens with two attached hydrogens (primary N) is 1. The molecular weight excluding hydrogens is 260 g/mol. The van der Waals surface area contributed by atoms with Crippen LogP contribution in [0.4, 0.5) is 0 Å². The van der Waals surface area contributed by atoms with Gasteiger partial charge in [0.25, 0.3) is 0 Å². The average molecular weight is 283 g/mol. The summed E-state index contributed by atoms with van der Waals surface area (Å²) in [7, 11) is 0. The summed E-state index contributed by atoms with van der Waals surface area (Å²) in [6.07, 6.45) is 3.72. The van der Waals surface area contributed by atoms with Crippen LogP contribution in [0.1, 0.15) is 19.3 Å². The Labute approximate surface area is 120 Å². The van der Waals surface area contributed by atoms with E-state index >= 15 is 0 Å². The molecular formula is C15H23ClN2O. The Morgan fingerprint density at radius 2 is 2.11 bits per heavy atom. The molecule has 2 N–H and O–H groups in total. The van der Waals surface area contributed by atoms with E-state index in [9.17, 15) is 0 Å². The third kappa shape index (κ3) is 5.01. The molecule has 0 saturated carbocycles. The third-order valence-electron chi connectivity index (χ3n) is 3.75. The Bertz CT molecular complexity index is 378. The molecule has 1 aromatic rings. The molecule has 19 heavy (non-hydrogen) atoms. The van der Waals surface area contributed by atoms with Crippen LogP contribution >= 0.6 is 11.6 Å². The summed E-state index contributed by atoms with van der Waals surface area (Å²) in [6.45, 7) is 4.87. The molecule has 3 nitrogen and oxygen atoms in total. The smallest absolute Gasteiger partial charge is 0.120 e. The first-order chi connectivity index (χ1) is 9.28. The van der Waals surface area contributed by atoms with Crippen molar-refractivity contribution < 1.29 is 4.74 Å². The highest BCUT2D eigenvalue weighted by Gasteiger charge is 2.18. The van der Waals surface area contributed by atoms with Crippen molar-refractivity contribution in [3.63, 3.8) is 0 Å². The maximum atomic E-state index is 5.92. The minimum absolute atomic E-state index is 0.722. The third-order valence-corrected chi connectivity index (χ3v) is 3.99. The highest BCUT2D eigenvalue weighted by Crippen LogP contribution is 2.20. The van der Waals surface area contributed by atoms with Crippen molar-refractivity contribution >= 4 is 11.6 Å². The molecule has 106 valence electrons. The number of hydrogen-bond acceptors (Lipinski definition) is 3. The van der Waals surface area contributed by atoms with Gasteiger partial charge in [0.15, 0.2) is 0 Å². The second-order valence-electron chi connectivity index (χ2n) is 5.17. The minimum atomic E-state index is 0.722. The van der Waals surface area contributed by atoms with Gasteiger partial charge in [0, 0.05) is 11.6 Å². The van der Waals surface area contributed by atoms with Crippen LogP contribution in [-0.2, 0) is 0 Å². The van der Waals surface area contributed by atoms with E-state index < -0.39 is 0 Å². The molecule has 1 saturated heterocycles. The maximum Gasteiger partial charge on any atom is 0.120 e. The summed E-state index contributed by atoms with van der Waals surface area (Å²) in [5, 5.41) is 0.722. The Morgan fingerprint density at radius 3 is 2.79 bits per heavy atom. The lowest BCUT2D eigenvalue weighted by atomic mass is 9.94. The van der Waals surface area contributed by atoms with Gasteiger partial charge in [0.1, 0.15) is 12.4 Å². The van der Waals surface area contributed by atoms with Gasteiger partial charge in [-0.25, -0.2) is 0 Å². The Balaban J connectivity index is 1.64. The Kier molecular flexibility index (Phi) is 5.95. The summed E-state index contributed by atoms with van der Waals surface area (Å²) in [4.78, 5) is 2.47. The molecule has 1 aliphatic rings. The van der Waals surface area contributed by atoms with Gasteiger partial charge < -0.3 is 10.5 Å². The van der Waals surface area contributed by atoms with Crippen molar-refractivity contribution in [2.45, 2.75) is 19.3 Å². The summed E-state index contributed by atoms with van der Waals surface area (Å²) in [5.74, 6) is 1.68. The van der Waals surface area contributed by atoms with Crippen molar-refractivity contribution in [1.29, 1.82) is 0 Å². The predicted molar refractivity (Wildman–Crippen MR) is 79.8 cm³/mol.